The van der Waals surface area contributed by atoms with E-state index in [1.807, 2.05) is 17.5 Å². The van der Waals surface area contributed by atoms with Gasteiger partial charge in [-0.05, 0) is 48.6 Å². The Kier molecular flexibility index (Phi) is 5.74. The van der Waals surface area contributed by atoms with Gasteiger partial charge in [0.2, 0.25) is 10.0 Å². The monoisotopic (exact) mass is 433 g/mol. The molecule has 152 valence electrons. The van der Waals surface area contributed by atoms with Crippen LogP contribution < -0.4 is 0 Å². The van der Waals surface area contributed by atoms with E-state index in [1.54, 1.807) is 0 Å². The van der Waals surface area contributed by atoms with Gasteiger partial charge in [-0.2, -0.15) is 4.31 Å². The molecule has 0 N–H and O–H groups in total. The number of hydrogen-bond donors (Lipinski definition) is 0. The SMILES string of the molecule is O=C(OCc1nnc(-c2cccs2)o1)c1ccc(S(=O)(=O)N2CCCCC2)cc1. The van der Waals surface area contributed by atoms with Gasteiger partial charge >= 0.3 is 5.97 Å². The minimum atomic E-state index is -3.53. The summed E-state index contributed by atoms with van der Waals surface area (Å²) in [5, 5.41) is 9.68. The summed E-state index contributed by atoms with van der Waals surface area (Å²) in [6, 6.07) is 9.49. The fourth-order valence-corrected chi connectivity index (χ4v) is 5.20. The fourth-order valence-electron chi connectivity index (χ4n) is 3.04. The first-order valence-corrected chi connectivity index (χ1v) is 11.5. The van der Waals surface area contributed by atoms with Crippen molar-refractivity contribution >= 4 is 27.3 Å². The number of carbonyl (C=O) groups excluding carboxylic acids is 1. The van der Waals surface area contributed by atoms with Gasteiger partial charge in [0, 0.05) is 13.1 Å². The van der Waals surface area contributed by atoms with E-state index in [2.05, 4.69) is 10.2 Å². The second-order valence-corrected chi connectivity index (χ2v) is 9.43. The van der Waals surface area contributed by atoms with Crippen LogP contribution in [-0.2, 0) is 21.4 Å². The van der Waals surface area contributed by atoms with Gasteiger partial charge in [-0.15, -0.1) is 21.5 Å². The molecule has 1 aromatic carbocycles. The van der Waals surface area contributed by atoms with E-state index >= 15 is 0 Å². The van der Waals surface area contributed by atoms with Crippen molar-refractivity contribution in [1.82, 2.24) is 14.5 Å². The minimum Gasteiger partial charge on any atom is -0.452 e. The summed E-state index contributed by atoms with van der Waals surface area (Å²) in [6.07, 6.45) is 2.78. The standard InChI is InChI=1S/C19H19N3O5S2/c23-19(26-13-17-20-21-18(27-17)16-5-4-12-28-16)14-6-8-15(9-7-14)29(24,25)22-10-2-1-3-11-22/h4-9,12H,1-3,10-11,13H2. The molecule has 0 aliphatic carbocycles. The van der Waals surface area contributed by atoms with Crippen molar-refractivity contribution in [3.8, 4) is 10.8 Å². The highest BCUT2D eigenvalue weighted by atomic mass is 32.2. The van der Waals surface area contributed by atoms with Crippen molar-refractivity contribution in [2.24, 2.45) is 0 Å². The Balaban J connectivity index is 1.38. The molecule has 2 aromatic heterocycles. The van der Waals surface area contributed by atoms with Crippen molar-refractivity contribution in [3.63, 3.8) is 0 Å². The highest BCUT2D eigenvalue weighted by Crippen LogP contribution is 2.24. The molecule has 0 atom stereocenters. The molecule has 1 aliphatic heterocycles. The van der Waals surface area contributed by atoms with Crippen LogP contribution in [-0.4, -0.2) is 42.0 Å². The van der Waals surface area contributed by atoms with E-state index in [-0.39, 0.29) is 23.0 Å². The third-order valence-corrected chi connectivity index (χ3v) is 7.34. The number of thiophene rings is 1. The maximum atomic E-state index is 12.7. The summed E-state index contributed by atoms with van der Waals surface area (Å²) in [7, 11) is -3.53. The average molecular weight is 434 g/mol. The number of nitrogens with zero attached hydrogens (tertiary/aromatic N) is 3. The van der Waals surface area contributed by atoms with Crippen molar-refractivity contribution in [3.05, 3.63) is 53.2 Å². The second kappa shape index (κ2) is 8.44. The Bertz CT molecular complexity index is 1070. The Morgan fingerprint density at radius 2 is 1.86 bits per heavy atom. The third-order valence-electron chi connectivity index (χ3n) is 4.57. The predicted octanol–water partition coefficient (Wildman–Crippen LogP) is 3.33. The summed E-state index contributed by atoms with van der Waals surface area (Å²) in [4.78, 5) is 13.3. The number of aromatic nitrogens is 2. The summed E-state index contributed by atoms with van der Waals surface area (Å²) in [5.41, 5.74) is 0.251. The number of piperidine rings is 1. The lowest BCUT2D eigenvalue weighted by molar-refractivity contribution is 0.0438. The first-order valence-electron chi connectivity index (χ1n) is 9.17. The Hall–Kier alpha value is -2.56. The number of rotatable bonds is 6. The van der Waals surface area contributed by atoms with Crippen LogP contribution in [0, 0.1) is 0 Å². The molecule has 1 aliphatic rings. The maximum Gasteiger partial charge on any atom is 0.338 e. The molecule has 1 saturated heterocycles. The van der Waals surface area contributed by atoms with Crippen LogP contribution in [0.2, 0.25) is 0 Å². The minimum absolute atomic E-state index is 0.162. The third kappa shape index (κ3) is 4.39. The molecule has 0 unspecified atom stereocenters. The van der Waals surface area contributed by atoms with E-state index < -0.39 is 16.0 Å². The summed E-state index contributed by atoms with van der Waals surface area (Å²) >= 11 is 1.47. The van der Waals surface area contributed by atoms with Crippen LogP contribution in [0.4, 0.5) is 0 Å². The zero-order valence-corrected chi connectivity index (χ0v) is 17.1. The lowest BCUT2D eigenvalue weighted by atomic mass is 10.2. The van der Waals surface area contributed by atoms with E-state index in [1.165, 1.54) is 39.9 Å². The van der Waals surface area contributed by atoms with Gasteiger partial charge in [0.05, 0.1) is 15.3 Å². The van der Waals surface area contributed by atoms with Gasteiger partial charge in [-0.3, -0.25) is 0 Å². The van der Waals surface area contributed by atoms with Crippen LogP contribution in [0.5, 0.6) is 0 Å². The van der Waals surface area contributed by atoms with E-state index in [4.69, 9.17) is 9.15 Å². The zero-order chi connectivity index (χ0) is 20.3. The smallest absolute Gasteiger partial charge is 0.338 e. The summed E-state index contributed by atoms with van der Waals surface area (Å²) < 4.78 is 37.5. The van der Waals surface area contributed by atoms with Gasteiger partial charge < -0.3 is 9.15 Å². The molecule has 8 nitrogen and oxygen atoms in total. The number of hydrogen-bond acceptors (Lipinski definition) is 8. The number of carbonyl (C=O) groups is 1. The van der Waals surface area contributed by atoms with Gasteiger partial charge in [0.15, 0.2) is 6.61 Å². The van der Waals surface area contributed by atoms with Crippen molar-refractivity contribution in [2.75, 3.05) is 13.1 Å². The Labute approximate surface area is 172 Å². The maximum absolute atomic E-state index is 12.7. The normalized spacial score (nSPS) is 15.3. The molecule has 29 heavy (non-hydrogen) atoms. The lowest BCUT2D eigenvalue weighted by Gasteiger charge is -2.25. The Morgan fingerprint density at radius 3 is 2.55 bits per heavy atom. The molecule has 0 radical (unpaired) electrons. The van der Waals surface area contributed by atoms with Crippen LogP contribution in [0.25, 0.3) is 10.8 Å². The van der Waals surface area contributed by atoms with Gasteiger partial charge in [-0.25, -0.2) is 13.2 Å². The van der Waals surface area contributed by atoms with Crippen LogP contribution >= 0.6 is 11.3 Å². The number of benzene rings is 1. The molecule has 0 amide bonds. The van der Waals surface area contributed by atoms with E-state index in [9.17, 15) is 13.2 Å². The van der Waals surface area contributed by atoms with Gasteiger partial charge in [0.1, 0.15) is 0 Å². The molecule has 0 spiro atoms. The van der Waals surface area contributed by atoms with Gasteiger partial charge in [-0.1, -0.05) is 12.5 Å². The van der Waals surface area contributed by atoms with Crippen molar-refractivity contribution in [2.45, 2.75) is 30.8 Å². The molecule has 3 heterocycles. The highest BCUT2D eigenvalue weighted by molar-refractivity contribution is 7.89. The topological polar surface area (TPSA) is 103 Å². The second-order valence-electron chi connectivity index (χ2n) is 6.54. The first-order chi connectivity index (χ1) is 14.0. The lowest BCUT2D eigenvalue weighted by Crippen LogP contribution is -2.35. The molecule has 0 bridgehead atoms. The van der Waals surface area contributed by atoms with Crippen molar-refractivity contribution in [1.29, 1.82) is 0 Å². The van der Waals surface area contributed by atoms with Gasteiger partial charge in [0.25, 0.3) is 11.8 Å². The predicted molar refractivity (Wildman–Crippen MR) is 106 cm³/mol. The summed E-state index contributed by atoms with van der Waals surface area (Å²) in [6.45, 7) is 0.901. The van der Waals surface area contributed by atoms with Crippen LogP contribution in [0.15, 0.2) is 51.1 Å². The molecular weight excluding hydrogens is 414 g/mol. The zero-order valence-electron chi connectivity index (χ0n) is 15.5. The highest BCUT2D eigenvalue weighted by Gasteiger charge is 2.26. The fraction of sp³-hybridized carbons (Fsp3) is 0.316. The molecule has 4 rings (SSSR count). The molecule has 0 saturated carbocycles. The van der Waals surface area contributed by atoms with E-state index in [0.29, 0.717) is 19.0 Å². The molecule has 1 fully saturated rings. The number of ether oxygens (including phenoxy) is 1. The molecule has 10 heteroatoms. The average Bonchev–Trinajstić information content (AvgIpc) is 3.44. The number of sulfonamides is 1. The number of esters is 1. The van der Waals surface area contributed by atoms with Crippen molar-refractivity contribution < 1.29 is 22.4 Å². The molecule has 3 aromatic rings. The largest absolute Gasteiger partial charge is 0.452 e. The van der Waals surface area contributed by atoms with E-state index in [0.717, 1.165) is 24.1 Å². The molecular formula is C19H19N3O5S2. The quantitative estimate of drug-likeness (QED) is 0.549. The van der Waals surface area contributed by atoms with Crippen LogP contribution in [0.3, 0.4) is 0 Å². The van der Waals surface area contributed by atoms with Crippen LogP contribution in [0.1, 0.15) is 35.5 Å². The first kappa shape index (κ1) is 19.7. The Morgan fingerprint density at radius 1 is 1.10 bits per heavy atom. The summed E-state index contributed by atoms with van der Waals surface area (Å²) in [5.74, 6) is -0.0350.